The topological polar surface area (TPSA) is 119 Å². The highest BCUT2D eigenvalue weighted by atomic mass is 16.7. The van der Waals surface area contributed by atoms with Crippen LogP contribution in [0.25, 0.3) is 0 Å². The van der Waals surface area contributed by atoms with E-state index in [0.29, 0.717) is 5.69 Å². The quantitative estimate of drug-likeness (QED) is 0.479. The average molecular weight is 446 g/mol. The van der Waals surface area contributed by atoms with Crippen molar-refractivity contribution in [2.24, 2.45) is 22.5 Å². The molecule has 9 heteroatoms. The van der Waals surface area contributed by atoms with Crippen LogP contribution in [0.2, 0.25) is 0 Å². The number of anilines is 1. The zero-order valence-electron chi connectivity index (χ0n) is 19.4. The number of amides is 4. The third kappa shape index (κ3) is 3.80. The van der Waals surface area contributed by atoms with E-state index in [9.17, 15) is 19.2 Å². The van der Waals surface area contributed by atoms with Crippen LogP contribution in [0.4, 0.5) is 5.69 Å². The Balaban J connectivity index is 1.91. The number of benzene rings is 1. The normalized spacial score (nSPS) is 21.8. The van der Waals surface area contributed by atoms with E-state index in [1.807, 2.05) is 27.7 Å². The summed E-state index contributed by atoms with van der Waals surface area (Å²) in [6.07, 6.45) is -0.883. The molecule has 1 aliphatic carbocycles. The summed E-state index contributed by atoms with van der Waals surface area (Å²) in [5, 5.41) is 0. The molecule has 1 saturated heterocycles. The molecule has 0 bridgehead atoms. The van der Waals surface area contributed by atoms with Crippen molar-refractivity contribution >= 4 is 29.3 Å². The predicted octanol–water partition coefficient (Wildman–Crippen LogP) is 1.55. The molecule has 1 aliphatic heterocycles. The molecule has 2 fully saturated rings. The zero-order valence-corrected chi connectivity index (χ0v) is 19.4. The smallest absolute Gasteiger partial charge is 0.257 e. The molecule has 2 aliphatic rings. The van der Waals surface area contributed by atoms with E-state index in [2.05, 4.69) is 0 Å². The first-order valence-corrected chi connectivity index (χ1v) is 10.5. The molecule has 0 spiro atoms. The maximum Gasteiger partial charge on any atom is 0.257 e. The fourth-order valence-corrected chi connectivity index (χ4v) is 4.66. The molecule has 32 heavy (non-hydrogen) atoms. The SMILES string of the molecule is COC(CN(C(=O)C1C(C)(C)C1(C)C)C1CC(=O)N(c2ccc(C(N)=O)cc2)C1=O)OC. The Hall–Kier alpha value is -2.78. The molecule has 2 N–H and O–H groups in total. The Morgan fingerprint density at radius 1 is 1.09 bits per heavy atom. The van der Waals surface area contributed by atoms with Crippen molar-refractivity contribution in [1.82, 2.24) is 4.90 Å². The predicted molar refractivity (Wildman–Crippen MR) is 116 cm³/mol. The summed E-state index contributed by atoms with van der Waals surface area (Å²) in [7, 11) is 2.91. The van der Waals surface area contributed by atoms with Crippen LogP contribution in [-0.2, 0) is 23.9 Å². The summed E-state index contributed by atoms with van der Waals surface area (Å²) < 4.78 is 10.6. The number of hydrogen-bond donors (Lipinski definition) is 1. The second kappa shape index (κ2) is 8.29. The zero-order chi connectivity index (χ0) is 24.0. The molecule has 9 nitrogen and oxygen atoms in total. The van der Waals surface area contributed by atoms with E-state index in [0.717, 1.165) is 4.90 Å². The summed E-state index contributed by atoms with van der Waals surface area (Å²) in [4.78, 5) is 53.5. The van der Waals surface area contributed by atoms with Gasteiger partial charge in [-0.3, -0.25) is 19.2 Å². The number of carbonyl (C=O) groups excluding carboxylic acids is 4. The molecule has 1 heterocycles. The van der Waals surface area contributed by atoms with Gasteiger partial charge in [-0.05, 0) is 35.1 Å². The molecule has 1 atom stereocenters. The Kier molecular flexibility index (Phi) is 6.19. The van der Waals surface area contributed by atoms with E-state index in [-0.39, 0.29) is 41.2 Å². The van der Waals surface area contributed by atoms with Gasteiger partial charge >= 0.3 is 0 Å². The van der Waals surface area contributed by atoms with Gasteiger partial charge in [0.05, 0.1) is 18.7 Å². The largest absolute Gasteiger partial charge is 0.366 e. The van der Waals surface area contributed by atoms with Gasteiger partial charge in [0.1, 0.15) is 6.04 Å². The molecular weight excluding hydrogens is 414 g/mol. The Labute approximate surface area is 187 Å². The number of ether oxygens (including phenoxy) is 2. The minimum absolute atomic E-state index is 0.0205. The van der Waals surface area contributed by atoms with Gasteiger partial charge in [0.25, 0.3) is 5.91 Å². The van der Waals surface area contributed by atoms with E-state index < -0.39 is 30.1 Å². The molecule has 1 aromatic rings. The van der Waals surface area contributed by atoms with Crippen molar-refractivity contribution in [2.75, 3.05) is 25.7 Å². The number of hydrogen-bond acceptors (Lipinski definition) is 6. The number of imide groups is 1. The first-order valence-electron chi connectivity index (χ1n) is 10.5. The molecule has 1 saturated carbocycles. The molecule has 1 unspecified atom stereocenters. The summed E-state index contributed by atoms with van der Waals surface area (Å²) in [5.41, 5.74) is 5.37. The molecule has 0 aromatic heterocycles. The summed E-state index contributed by atoms with van der Waals surface area (Å²) in [6, 6.07) is 4.92. The number of nitrogens with two attached hydrogens (primary N) is 1. The van der Waals surface area contributed by atoms with Crippen molar-refractivity contribution < 1.29 is 28.7 Å². The minimum Gasteiger partial charge on any atom is -0.366 e. The summed E-state index contributed by atoms with van der Waals surface area (Å²) in [5.74, 6) is -2.03. The van der Waals surface area contributed by atoms with Gasteiger partial charge < -0.3 is 20.1 Å². The molecular formula is C23H31N3O6. The third-order valence-corrected chi connectivity index (χ3v) is 7.33. The first-order chi connectivity index (χ1) is 14.9. The highest BCUT2D eigenvalue weighted by Gasteiger charge is 2.69. The molecule has 0 radical (unpaired) electrons. The monoisotopic (exact) mass is 445 g/mol. The van der Waals surface area contributed by atoms with E-state index in [4.69, 9.17) is 15.2 Å². The van der Waals surface area contributed by atoms with Crippen LogP contribution in [0.3, 0.4) is 0 Å². The molecule has 3 rings (SSSR count). The van der Waals surface area contributed by atoms with Crippen molar-refractivity contribution in [2.45, 2.75) is 46.4 Å². The van der Waals surface area contributed by atoms with Gasteiger partial charge in [-0.2, -0.15) is 0 Å². The maximum atomic E-state index is 13.6. The fourth-order valence-electron chi connectivity index (χ4n) is 4.66. The van der Waals surface area contributed by atoms with Gasteiger partial charge in [-0.15, -0.1) is 0 Å². The second-order valence-electron chi connectivity index (χ2n) is 9.47. The van der Waals surface area contributed by atoms with Crippen LogP contribution in [0.5, 0.6) is 0 Å². The van der Waals surface area contributed by atoms with Crippen molar-refractivity contribution in [3.05, 3.63) is 29.8 Å². The van der Waals surface area contributed by atoms with E-state index in [1.54, 1.807) is 0 Å². The number of methoxy groups -OCH3 is 2. The lowest BCUT2D eigenvalue weighted by Crippen LogP contribution is -2.50. The van der Waals surface area contributed by atoms with Crippen LogP contribution < -0.4 is 10.6 Å². The fraction of sp³-hybridized carbons (Fsp3) is 0.565. The maximum absolute atomic E-state index is 13.6. The van der Waals surface area contributed by atoms with Crippen LogP contribution in [-0.4, -0.2) is 61.6 Å². The van der Waals surface area contributed by atoms with Crippen LogP contribution in [0.1, 0.15) is 44.5 Å². The standard InChI is InChI=1S/C23H31N3O6/c1-22(2)18(23(22,3)4)21(30)25(12-17(31-5)32-6)15-11-16(27)26(20(15)29)14-9-7-13(8-10-14)19(24)28/h7-10,15,17-18H,11-12H2,1-6H3,(H2,24,28). The lowest BCUT2D eigenvalue weighted by atomic mass is 10.0. The number of carbonyl (C=O) groups is 4. The van der Waals surface area contributed by atoms with Gasteiger partial charge in [0.2, 0.25) is 17.7 Å². The van der Waals surface area contributed by atoms with Crippen molar-refractivity contribution in [3.63, 3.8) is 0 Å². The molecule has 1 aromatic carbocycles. The van der Waals surface area contributed by atoms with Crippen LogP contribution >= 0.6 is 0 Å². The van der Waals surface area contributed by atoms with E-state index >= 15 is 0 Å². The summed E-state index contributed by atoms with van der Waals surface area (Å²) in [6.45, 7) is 8.10. The van der Waals surface area contributed by atoms with Crippen LogP contribution in [0.15, 0.2) is 24.3 Å². The first kappa shape index (κ1) is 23.9. The highest BCUT2D eigenvalue weighted by molar-refractivity contribution is 6.23. The Morgan fingerprint density at radius 2 is 1.62 bits per heavy atom. The lowest BCUT2D eigenvalue weighted by Gasteiger charge is -2.31. The van der Waals surface area contributed by atoms with Gasteiger partial charge in [0.15, 0.2) is 6.29 Å². The van der Waals surface area contributed by atoms with Crippen molar-refractivity contribution in [1.29, 1.82) is 0 Å². The number of primary amides is 1. The lowest BCUT2D eigenvalue weighted by molar-refractivity contribution is -0.154. The highest BCUT2D eigenvalue weighted by Crippen LogP contribution is 2.69. The molecule has 174 valence electrons. The average Bonchev–Trinajstić information content (AvgIpc) is 2.97. The summed E-state index contributed by atoms with van der Waals surface area (Å²) >= 11 is 0. The van der Waals surface area contributed by atoms with E-state index in [1.165, 1.54) is 43.4 Å². The number of rotatable bonds is 8. The minimum atomic E-state index is -0.967. The van der Waals surface area contributed by atoms with Gasteiger partial charge in [0, 0.05) is 25.7 Å². The van der Waals surface area contributed by atoms with Gasteiger partial charge in [-0.25, -0.2) is 4.90 Å². The van der Waals surface area contributed by atoms with Crippen molar-refractivity contribution in [3.8, 4) is 0 Å². The molecule has 4 amide bonds. The van der Waals surface area contributed by atoms with Crippen LogP contribution in [0, 0.1) is 16.7 Å². The Morgan fingerprint density at radius 3 is 2.06 bits per heavy atom. The second-order valence-corrected chi connectivity index (χ2v) is 9.47. The third-order valence-electron chi connectivity index (χ3n) is 7.33. The Bertz CT molecular complexity index is 922. The van der Waals surface area contributed by atoms with Gasteiger partial charge in [-0.1, -0.05) is 27.7 Å². The number of nitrogens with zero attached hydrogens (tertiary/aromatic N) is 2.